The highest BCUT2D eigenvalue weighted by Crippen LogP contribution is 2.34. The molecular weight excluding hydrogens is 285 g/mol. The number of methoxy groups -OCH3 is 1. The number of alkyl halides is 2. The maximum absolute atomic E-state index is 11.5. The summed E-state index contributed by atoms with van der Waals surface area (Å²) in [5, 5.41) is 0. The maximum Gasteiger partial charge on any atom is 0.354 e. The summed E-state index contributed by atoms with van der Waals surface area (Å²) in [6, 6.07) is 0. The summed E-state index contributed by atoms with van der Waals surface area (Å²) in [4.78, 5) is 23.7. The third-order valence-electron chi connectivity index (χ3n) is 2.05. The summed E-state index contributed by atoms with van der Waals surface area (Å²) < 4.78 is 4.60. The second kappa shape index (κ2) is 4.53. The molecule has 0 aromatic heterocycles. The monoisotopic (exact) mass is 295 g/mol. The van der Waals surface area contributed by atoms with E-state index in [0.29, 0.717) is 5.57 Å². The van der Waals surface area contributed by atoms with E-state index in [2.05, 4.69) is 20.7 Å². The van der Waals surface area contributed by atoms with Crippen molar-refractivity contribution in [3.05, 3.63) is 11.3 Å². The minimum atomic E-state index is -0.548. The summed E-state index contributed by atoms with van der Waals surface area (Å²) >= 11 is 9.04. The van der Waals surface area contributed by atoms with Crippen LogP contribution in [0.25, 0.3) is 0 Å². The molecule has 0 aromatic rings. The lowest BCUT2D eigenvalue weighted by molar-refractivity contribution is -0.147. The van der Waals surface area contributed by atoms with Crippen molar-refractivity contribution in [3.8, 4) is 0 Å². The first-order valence-electron chi connectivity index (χ1n) is 4.28. The SMILES string of the molecule is COC(=O)C(=C(C)C)N1C(=O)C(Br)C1Cl. The Bertz CT molecular complexity index is 338. The summed E-state index contributed by atoms with van der Waals surface area (Å²) in [5.41, 5.74) is 0.375. The molecule has 1 fully saturated rings. The number of likely N-dealkylation sites (tertiary alicyclic amines) is 1. The average molecular weight is 297 g/mol. The van der Waals surface area contributed by atoms with Crippen LogP contribution >= 0.6 is 27.5 Å². The molecule has 0 saturated carbocycles. The number of halogens is 2. The molecule has 0 spiro atoms. The number of rotatable bonds is 2. The van der Waals surface area contributed by atoms with E-state index in [9.17, 15) is 9.59 Å². The molecule has 2 unspecified atom stereocenters. The van der Waals surface area contributed by atoms with Crippen LogP contribution in [-0.4, -0.2) is 34.2 Å². The summed E-state index contributed by atoms with van der Waals surface area (Å²) in [6.45, 7) is 3.45. The van der Waals surface area contributed by atoms with Gasteiger partial charge in [0.15, 0.2) is 0 Å². The molecule has 84 valence electrons. The van der Waals surface area contributed by atoms with Gasteiger partial charge in [0.05, 0.1) is 7.11 Å². The molecule has 0 aromatic carbocycles. The highest BCUT2D eigenvalue weighted by molar-refractivity contribution is 9.10. The number of hydrogen-bond donors (Lipinski definition) is 0. The van der Waals surface area contributed by atoms with E-state index in [1.165, 1.54) is 12.0 Å². The zero-order chi connectivity index (χ0) is 11.7. The zero-order valence-electron chi connectivity index (χ0n) is 8.58. The molecule has 0 aliphatic carbocycles. The number of allylic oxidation sites excluding steroid dienone is 1. The van der Waals surface area contributed by atoms with Crippen molar-refractivity contribution in [1.29, 1.82) is 0 Å². The quantitative estimate of drug-likeness (QED) is 0.256. The second-order valence-corrected chi connectivity index (χ2v) is 4.76. The van der Waals surface area contributed by atoms with E-state index >= 15 is 0 Å². The molecule has 1 aliphatic heterocycles. The molecule has 1 amide bonds. The van der Waals surface area contributed by atoms with Crippen molar-refractivity contribution in [2.24, 2.45) is 0 Å². The van der Waals surface area contributed by atoms with E-state index in [4.69, 9.17) is 11.6 Å². The maximum atomic E-state index is 11.5. The van der Waals surface area contributed by atoms with E-state index < -0.39 is 16.3 Å². The van der Waals surface area contributed by atoms with Gasteiger partial charge in [0.2, 0.25) is 5.91 Å². The van der Waals surface area contributed by atoms with Crippen LogP contribution in [0.4, 0.5) is 0 Å². The Morgan fingerprint density at radius 1 is 1.53 bits per heavy atom. The molecule has 4 nitrogen and oxygen atoms in total. The molecule has 0 N–H and O–H groups in total. The van der Waals surface area contributed by atoms with Gasteiger partial charge in [-0.3, -0.25) is 9.69 Å². The Kier molecular flexibility index (Phi) is 3.78. The fraction of sp³-hybridized carbons (Fsp3) is 0.556. The molecule has 0 radical (unpaired) electrons. The molecule has 15 heavy (non-hydrogen) atoms. The number of β-lactam (4-membered cyclic amide) rings is 1. The normalized spacial score (nSPS) is 24.6. The van der Waals surface area contributed by atoms with Gasteiger partial charge in [-0.1, -0.05) is 27.5 Å². The van der Waals surface area contributed by atoms with Crippen molar-refractivity contribution in [3.63, 3.8) is 0 Å². The fourth-order valence-corrected chi connectivity index (χ4v) is 2.05. The summed E-state index contributed by atoms with van der Waals surface area (Å²) in [5.74, 6) is -0.773. The van der Waals surface area contributed by atoms with Crippen molar-refractivity contribution < 1.29 is 14.3 Å². The largest absolute Gasteiger partial charge is 0.464 e. The van der Waals surface area contributed by atoms with Gasteiger partial charge in [0.25, 0.3) is 0 Å². The van der Waals surface area contributed by atoms with Crippen LogP contribution in [0.5, 0.6) is 0 Å². The first kappa shape index (κ1) is 12.5. The molecule has 1 aliphatic rings. The molecule has 1 heterocycles. The summed E-state index contributed by atoms with van der Waals surface area (Å²) in [7, 11) is 1.27. The summed E-state index contributed by atoms with van der Waals surface area (Å²) in [6.07, 6.45) is 0. The van der Waals surface area contributed by atoms with E-state index in [1.54, 1.807) is 13.8 Å². The van der Waals surface area contributed by atoms with Crippen molar-refractivity contribution in [1.82, 2.24) is 4.90 Å². The first-order valence-corrected chi connectivity index (χ1v) is 5.64. The van der Waals surface area contributed by atoms with Crippen LogP contribution in [0.1, 0.15) is 13.8 Å². The minimum absolute atomic E-state index is 0.221. The third-order valence-corrected chi connectivity index (χ3v) is 3.70. The highest BCUT2D eigenvalue weighted by atomic mass is 79.9. The van der Waals surface area contributed by atoms with Gasteiger partial charge in [-0.25, -0.2) is 4.79 Å². The lowest BCUT2D eigenvalue weighted by Crippen LogP contribution is -2.59. The van der Waals surface area contributed by atoms with E-state index in [1.807, 2.05) is 0 Å². The Morgan fingerprint density at radius 2 is 2.07 bits per heavy atom. The predicted molar refractivity (Wildman–Crippen MR) is 59.6 cm³/mol. The van der Waals surface area contributed by atoms with Gasteiger partial charge in [-0.05, 0) is 19.4 Å². The van der Waals surface area contributed by atoms with Gasteiger partial charge in [0.1, 0.15) is 16.0 Å². The Hall–Kier alpha value is -0.550. The molecule has 6 heteroatoms. The number of carbonyl (C=O) groups is 2. The fourth-order valence-electron chi connectivity index (χ4n) is 1.29. The number of carbonyl (C=O) groups excluding carboxylic acids is 2. The molecule has 0 bridgehead atoms. The minimum Gasteiger partial charge on any atom is -0.464 e. The van der Waals surface area contributed by atoms with Crippen LogP contribution < -0.4 is 0 Å². The van der Waals surface area contributed by atoms with Crippen LogP contribution in [-0.2, 0) is 14.3 Å². The van der Waals surface area contributed by atoms with E-state index in [-0.39, 0.29) is 11.6 Å². The molecule has 1 rings (SSSR count). The number of ether oxygens (including phenoxy) is 1. The Morgan fingerprint density at radius 3 is 2.40 bits per heavy atom. The molecule has 2 atom stereocenters. The van der Waals surface area contributed by atoms with Crippen LogP contribution in [0.2, 0.25) is 0 Å². The Labute approximate surface area is 101 Å². The second-order valence-electron chi connectivity index (χ2n) is 3.32. The van der Waals surface area contributed by atoms with Crippen LogP contribution in [0.15, 0.2) is 11.3 Å². The van der Waals surface area contributed by atoms with Crippen molar-refractivity contribution in [2.45, 2.75) is 24.2 Å². The lowest BCUT2D eigenvalue weighted by atomic mass is 10.1. The van der Waals surface area contributed by atoms with Gasteiger partial charge >= 0.3 is 5.97 Å². The van der Waals surface area contributed by atoms with Crippen molar-refractivity contribution >= 4 is 39.4 Å². The molecular formula is C9H11BrClNO3. The third kappa shape index (κ3) is 2.03. The lowest BCUT2D eigenvalue weighted by Gasteiger charge is -2.41. The topological polar surface area (TPSA) is 46.6 Å². The zero-order valence-corrected chi connectivity index (χ0v) is 10.9. The predicted octanol–water partition coefficient (Wildman–Crippen LogP) is 1.62. The Balaban J connectivity index is 3.00. The van der Waals surface area contributed by atoms with E-state index in [0.717, 1.165) is 0 Å². The smallest absolute Gasteiger partial charge is 0.354 e. The van der Waals surface area contributed by atoms with Crippen LogP contribution in [0.3, 0.4) is 0 Å². The standard InChI is InChI=1S/C9H11BrClNO3/c1-4(2)6(9(14)15-3)12-7(11)5(10)8(12)13/h5,7H,1-3H3. The average Bonchev–Trinajstić information content (AvgIpc) is 2.22. The number of hydrogen-bond acceptors (Lipinski definition) is 3. The van der Waals surface area contributed by atoms with Gasteiger partial charge in [-0.2, -0.15) is 0 Å². The van der Waals surface area contributed by atoms with Crippen LogP contribution in [0, 0.1) is 0 Å². The molecule has 1 saturated heterocycles. The highest BCUT2D eigenvalue weighted by Gasteiger charge is 2.48. The van der Waals surface area contributed by atoms with Gasteiger partial charge < -0.3 is 4.74 Å². The first-order chi connectivity index (χ1) is 6.91. The van der Waals surface area contributed by atoms with Crippen molar-refractivity contribution in [2.75, 3.05) is 7.11 Å². The van der Waals surface area contributed by atoms with Gasteiger partial charge in [-0.15, -0.1) is 0 Å². The number of esters is 1. The number of nitrogens with zero attached hydrogens (tertiary/aromatic N) is 1. The van der Waals surface area contributed by atoms with Gasteiger partial charge in [0, 0.05) is 0 Å². The number of amides is 1.